The number of likely N-dealkylation sites (N-methyl/N-ethyl adjacent to an activating group) is 1. The highest BCUT2D eigenvalue weighted by Crippen LogP contribution is 2.19. The molecule has 1 heterocycles. The van der Waals surface area contributed by atoms with E-state index in [2.05, 4.69) is 5.16 Å². The molecule has 0 aromatic carbocycles. The summed E-state index contributed by atoms with van der Waals surface area (Å²) in [4.78, 5) is 13.0. The van der Waals surface area contributed by atoms with E-state index in [1.807, 2.05) is 0 Å². The molecule has 0 bridgehead atoms. The van der Waals surface area contributed by atoms with Gasteiger partial charge in [-0.1, -0.05) is 5.16 Å². The lowest BCUT2D eigenvalue weighted by Gasteiger charge is -2.14. The normalized spacial score (nSPS) is 10.4. The van der Waals surface area contributed by atoms with E-state index in [0.717, 1.165) is 0 Å². The van der Waals surface area contributed by atoms with Crippen LogP contribution in [0.25, 0.3) is 0 Å². The molecule has 0 aliphatic carbocycles. The topological polar surface area (TPSA) is 66.6 Å². The van der Waals surface area contributed by atoms with E-state index in [0.29, 0.717) is 17.8 Å². The molecular weight excluding hydrogens is 220 g/mol. The molecule has 0 radical (unpaired) electrons. The number of halogens is 1. The van der Waals surface area contributed by atoms with Crippen LogP contribution in [0.5, 0.6) is 0 Å². The fourth-order valence-electron chi connectivity index (χ4n) is 1.12. The Labute approximate surface area is 92.6 Å². The molecule has 0 saturated heterocycles. The van der Waals surface area contributed by atoms with Crippen molar-refractivity contribution in [3.63, 3.8) is 0 Å². The van der Waals surface area contributed by atoms with Crippen molar-refractivity contribution in [3.8, 4) is 0 Å². The van der Waals surface area contributed by atoms with Crippen LogP contribution in [0.2, 0.25) is 5.22 Å². The van der Waals surface area contributed by atoms with Crippen molar-refractivity contribution in [2.45, 2.75) is 13.3 Å². The van der Waals surface area contributed by atoms with E-state index in [-0.39, 0.29) is 24.2 Å². The number of amides is 1. The summed E-state index contributed by atoms with van der Waals surface area (Å²) in [6.07, 6.45) is 0.144. The minimum Gasteiger partial charge on any atom is -0.395 e. The molecule has 1 aromatic rings. The molecule has 0 aliphatic heterocycles. The molecule has 84 valence electrons. The average molecular weight is 233 g/mol. The summed E-state index contributed by atoms with van der Waals surface area (Å²) in [6, 6.07) is 0. The lowest BCUT2D eigenvalue weighted by atomic mass is 10.2. The Bertz CT molecular complexity index is 332. The molecule has 0 unspecified atom stereocenters. The Morgan fingerprint density at radius 2 is 2.33 bits per heavy atom. The van der Waals surface area contributed by atoms with Crippen molar-refractivity contribution in [1.29, 1.82) is 0 Å². The lowest BCUT2D eigenvalue weighted by molar-refractivity contribution is -0.129. The van der Waals surface area contributed by atoms with Gasteiger partial charge in [0.25, 0.3) is 0 Å². The zero-order valence-electron chi connectivity index (χ0n) is 8.66. The number of carbonyl (C=O) groups excluding carboxylic acids is 1. The summed E-state index contributed by atoms with van der Waals surface area (Å²) in [5, 5.41) is 12.5. The van der Waals surface area contributed by atoms with Gasteiger partial charge in [-0.25, -0.2) is 0 Å². The predicted octanol–water partition coefficient (Wildman–Crippen LogP) is 0.630. The summed E-state index contributed by atoms with van der Waals surface area (Å²) in [5.41, 5.74) is 1.22. The number of aromatic nitrogens is 1. The third-order valence-electron chi connectivity index (χ3n) is 2.13. The van der Waals surface area contributed by atoms with Gasteiger partial charge in [-0.15, -0.1) is 0 Å². The molecular formula is C9H13ClN2O3. The Kier molecular flexibility index (Phi) is 4.11. The van der Waals surface area contributed by atoms with Crippen molar-refractivity contribution < 1.29 is 14.4 Å². The maximum atomic E-state index is 11.6. The average Bonchev–Trinajstić information content (AvgIpc) is 2.49. The maximum absolute atomic E-state index is 11.6. The van der Waals surface area contributed by atoms with Crippen molar-refractivity contribution in [2.75, 3.05) is 20.2 Å². The zero-order valence-corrected chi connectivity index (χ0v) is 9.41. The van der Waals surface area contributed by atoms with Crippen LogP contribution < -0.4 is 0 Å². The molecule has 0 atom stereocenters. The molecule has 0 saturated carbocycles. The number of aryl methyl sites for hydroxylation is 1. The standard InChI is InChI=1S/C9H13ClN2O3/c1-6-7(9(10)15-11-6)5-8(14)12(2)3-4-13/h13H,3-5H2,1-2H3. The van der Waals surface area contributed by atoms with Gasteiger partial charge in [0.05, 0.1) is 18.7 Å². The zero-order chi connectivity index (χ0) is 11.4. The van der Waals surface area contributed by atoms with Gasteiger partial charge in [0.2, 0.25) is 11.1 Å². The number of rotatable bonds is 4. The fourth-order valence-corrected chi connectivity index (χ4v) is 1.36. The fraction of sp³-hybridized carbons (Fsp3) is 0.556. The largest absolute Gasteiger partial charge is 0.395 e. The number of carbonyl (C=O) groups is 1. The summed E-state index contributed by atoms with van der Waals surface area (Å²) < 4.78 is 4.73. The Balaban J connectivity index is 2.66. The first kappa shape index (κ1) is 12.0. The highest BCUT2D eigenvalue weighted by Gasteiger charge is 2.17. The molecule has 6 heteroatoms. The van der Waals surface area contributed by atoms with Gasteiger partial charge in [0.1, 0.15) is 0 Å². The number of aliphatic hydroxyl groups is 1. The van der Waals surface area contributed by atoms with E-state index in [1.54, 1.807) is 14.0 Å². The Morgan fingerprint density at radius 3 is 2.80 bits per heavy atom. The molecule has 0 spiro atoms. The summed E-state index contributed by atoms with van der Waals surface area (Å²) >= 11 is 5.72. The number of hydrogen-bond acceptors (Lipinski definition) is 4. The van der Waals surface area contributed by atoms with E-state index < -0.39 is 0 Å². The number of nitrogens with zero attached hydrogens (tertiary/aromatic N) is 2. The van der Waals surface area contributed by atoms with E-state index >= 15 is 0 Å². The van der Waals surface area contributed by atoms with Crippen LogP contribution >= 0.6 is 11.6 Å². The molecule has 1 N–H and O–H groups in total. The van der Waals surface area contributed by atoms with Crippen LogP contribution in [0.1, 0.15) is 11.3 Å². The first-order valence-corrected chi connectivity index (χ1v) is 4.89. The maximum Gasteiger partial charge on any atom is 0.229 e. The number of hydrogen-bond donors (Lipinski definition) is 1. The van der Waals surface area contributed by atoms with Crippen LogP contribution in [0.15, 0.2) is 4.52 Å². The monoisotopic (exact) mass is 232 g/mol. The van der Waals surface area contributed by atoms with Gasteiger partial charge in [-0.2, -0.15) is 0 Å². The summed E-state index contributed by atoms with van der Waals surface area (Å²) in [7, 11) is 1.62. The minimum atomic E-state index is -0.128. The van der Waals surface area contributed by atoms with E-state index in [4.69, 9.17) is 21.2 Å². The van der Waals surface area contributed by atoms with E-state index in [1.165, 1.54) is 4.90 Å². The lowest BCUT2D eigenvalue weighted by Crippen LogP contribution is -2.30. The highest BCUT2D eigenvalue weighted by atomic mass is 35.5. The van der Waals surface area contributed by atoms with Crippen molar-refractivity contribution in [1.82, 2.24) is 10.1 Å². The van der Waals surface area contributed by atoms with Crippen LogP contribution in [0.4, 0.5) is 0 Å². The Hall–Kier alpha value is -1.07. The van der Waals surface area contributed by atoms with Gasteiger partial charge in [-0.05, 0) is 18.5 Å². The van der Waals surface area contributed by atoms with Crippen molar-refractivity contribution in [3.05, 3.63) is 16.5 Å². The smallest absolute Gasteiger partial charge is 0.229 e. The minimum absolute atomic E-state index is 0.0570. The molecule has 0 fully saturated rings. The van der Waals surface area contributed by atoms with Gasteiger partial charge < -0.3 is 14.5 Å². The molecule has 15 heavy (non-hydrogen) atoms. The molecule has 1 rings (SSSR count). The third-order valence-corrected chi connectivity index (χ3v) is 2.42. The molecule has 0 aliphatic rings. The van der Waals surface area contributed by atoms with Crippen LogP contribution in [-0.2, 0) is 11.2 Å². The molecule has 1 aromatic heterocycles. The summed E-state index contributed by atoms with van der Waals surface area (Å²) in [5.74, 6) is -0.128. The van der Waals surface area contributed by atoms with Crippen molar-refractivity contribution in [2.24, 2.45) is 0 Å². The first-order valence-electron chi connectivity index (χ1n) is 4.51. The van der Waals surface area contributed by atoms with Gasteiger partial charge >= 0.3 is 0 Å². The molecule has 5 nitrogen and oxygen atoms in total. The van der Waals surface area contributed by atoms with Gasteiger partial charge in [0.15, 0.2) is 0 Å². The van der Waals surface area contributed by atoms with Crippen LogP contribution in [0.3, 0.4) is 0 Å². The van der Waals surface area contributed by atoms with Crippen LogP contribution in [0, 0.1) is 6.92 Å². The third kappa shape index (κ3) is 2.94. The predicted molar refractivity (Wildman–Crippen MR) is 54.7 cm³/mol. The SMILES string of the molecule is Cc1noc(Cl)c1CC(=O)N(C)CCO. The second kappa shape index (κ2) is 5.14. The Morgan fingerprint density at radius 1 is 1.67 bits per heavy atom. The molecule has 1 amide bonds. The first-order chi connectivity index (χ1) is 7.06. The highest BCUT2D eigenvalue weighted by molar-refractivity contribution is 6.29. The van der Waals surface area contributed by atoms with Gasteiger partial charge in [-0.3, -0.25) is 4.79 Å². The van der Waals surface area contributed by atoms with E-state index in [9.17, 15) is 4.79 Å². The quantitative estimate of drug-likeness (QED) is 0.827. The number of aliphatic hydroxyl groups excluding tert-OH is 1. The van der Waals surface area contributed by atoms with Gasteiger partial charge in [0, 0.05) is 19.2 Å². The summed E-state index contributed by atoms with van der Waals surface area (Å²) in [6.45, 7) is 1.98. The van der Waals surface area contributed by atoms with Crippen molar-refractivity contribution >= 4 is 17.5 Å². The second-order valence-electron chi connectivity index (χ2n) is 3.24. The van der Waals surface area contributed by atoms with Crippen LogP contribution in [-0.4, -0.2) is 41.3 Å². The second-order valence-corrected chi connectivity index (χ2v) is 3.58.